The molecule has 1 aromatic rings. The summed E-state index contributed by atoms with van der Waals surface area (Å²) >= 11 is 0.660. The Labute approximate surface area is 157 Å². The van der Waals surface area contributed by atoms with E-state index in [4.69, 9.17) is 4.74 Å². The second-order valence-corrected chi connectivity index (χ2v) is 10.9. The Balaban J connectivity index is 2.46. The predicted molar refractivity (Wildman–Crippen MR) is 97.0 cm³/mol. The molecule has 0 fully saturated rings. The number of hydrogen-bond acceptors (Lipinski definition) is 8. The van der Waals surface area contributed by atoms with Crippen molar-refractivity contribution in [2.24, 2.45) is 0 Å². The molecule has 1 aromatic heterocycles. The summed E-state index contributed by atoms with van der Waals surface area (Å²) in [4.78, 5) is 11.1. The van der Waals surface area contributed by atoms with Crippen molar-refractivity contribution in [3.8, 4) is 0 Å². The molecule has 148 valence electrons. The predicted octanol–water partition coefficient (Wildman–Crippen LogP) is 0.264. The molecule has 1 aliphatic rings. The minimum Gasteiger partial charge on any atom is -0.385 e. The summed E-state index contributed by atoms with van der Waals surface area (Å²) in [7, 11) is -6.35. The van der Waals surface area contributed by atoms with E-state index in [1.54, 1.807) is 7.11 Å². The summed E-state index contributed by atoms with van der Waals surface area (Å²) < 4.78 is 58.3. The van der Waals surface area contributed by atoms with Gasteiger partial charge in [0, 0.05) is 45.3 Å². The van der Waals surface area contributed by atoms with Crippen molar-refractivity contribution in [2.75, 3.05) is 33.4 Å². The Kier molecular flexibility index (Phi) is 6.80. The molecule has 0 aromatic carbocycles. The van der Waals surface area contributed by atoms with Gasteiger partial charge in [-0.1, -0.05) is 6.92 Å². The summed E-state index contributed by atoms with van der Waals surface area (Å²) in [5.41, 5.74) is 0.420. The average Bonchev–Trinajstić information content (AvgIpc) is 2.98. The summed E-state index contributed by atoms with van der Waals surface area (Å²) in [6.45, 7) is 4.49. The van der Waals surface area contributed by atoms with Gasteiger partial charge in [0.05, 0.1) is 0 Å². The van der Waals surface area contributed by atoms with Gasteiger partial charge in [0.15, 0.2) is 0 Å². The van der Waals surface area contributed by atoms with Crippen molar-refractivity contribution in [1.82, 2.24) is 14.3 Å². The Morgan fingerprint density at radius 1 is 1.46 bits per heavy atom. The van der Waals surface area contributed by atoms with Gasteiger partial charge < -0.3 is 10.1 Å². The highest BCUT2D eigenvalue weighted by atomic mass is 32.3. The monoisotopic (exact) mass is 425 g/mol. The van der Waals surface area contributed by atoms with Crippen LogP contribution in [0.3, 0.4) is 0 Å². The third-order valence-electron chi connectivity index (χ3n) is 3.79. The normalized spacial score (nSPS) is 19.9. The van der Waals surface area contributed by atoms with Crippen molar-refractivity contribution in [2.45, 2.75) is 34.7 Å². The molecule has 0 aliphatic carbocycles. The molecular weight excluding hydrogens is 402 g/mol. The Bertz CT molecular complexity index is 862. The Morgan fingerprint density at radius 2 is 2.15 bits per heavy atom. The third kappa shape index (κ3) is 4.43. The molecule has 9 nitrogen and oxygen atoms in total. The lowest BCUT2D eigenvalue weighted by molar-refractivity contribution is -0.117. The number of amides is 1. The summed E-state index contributed by atoms with van der Waals surface area (Å²) in [6, 6.07) is 1.02. The third-order valence-corrected chi connectivity index (χ3v) is 9.24. The van der Waals surface area contributed by atoms with Crippen molar-refractivity contribution in [3.05, 3.63) is 11.6 Å². The van der Waals surface area contributed by atoms with E-state index in [9.17, 15) is 21.6 Å². The van der Waals surface area contributed by atoms with E-state index in [0.717, 1.165) is 6.92 Å². The van der Waals surface area contributed by atoms with Crippen LogP contribution in [0.5, 0.6) is 0 Å². The summed E-state index contributed by atoms with van der Waals surface area (Å²) in [6.07, 6.45) is 0.534. The van der Waals surface area contributed by atoms with Gasteiger partial charge in [0.25, 0.3) is 20.0 Å². The molecular formula is C14H23N3O6S3. The second kappa shape index (κ2) is 8.31. The number of carbonyl (C=O) groups is 1. The van der Waals surface area contributed by atoms with Crippen LogP contribution in [-0.4, -0.2) is 60.4 Å². The number of likely N-dealkylation sites (N-methyl/N-ethyl adjacent to an activating group) is 1. The van der Waals surface area contributed by atoms with Crippen molar-refractivity contribution < 1.29 is 26.4 Å². The van der Waals surface area contributed by atoms with Crippen LogP contribution in [0.1, 0.15) is 31.9 Å². The molecule has 0 unspecified atom stereocenters. The molecule has 0 saturated heterocycles. The molecule has 2 rings (SSSR count). The maximum Gasteiger partial charge on any atom is 0.273 e. The van der Waals surface area contributed by atoms with Crippen LogP contribution >= 0.6 is 11.3 Å². The molecule has 26 heavy (non-hydrogen) atoms. The molecule has 0 bridgehead atoms. The number of carbonyl (C=O) groups excluding carboxylic acids is 1. The minimum absolute atomic E-state index is 0.00366. The Hall–Kier alpha value is -1.05. The molecule has 0 radical (unpaired) electrons. The highest BCUT2D eigenvalue weighted by Gasteiger charge is 2.40. The number of methoxy groups -OCH3 is 1. The number of hydrogen-bond donors (Lipinski definition) is 2. The SMILES string of the molecule is CCN[C@H]1CN(CCCOC)S(=O)(=O)c2sc(S(=O)(=O)NC(C)=O)cc21. The minimum atomic E-state index is -4.09. The highest BCUT2D eigenvalue weighted by Crippen LogP contribution is 2.40. The summed E-state index contributed by atoms with van der Waals surface area (Å²) in [5, 5.41) is 3.19. The lowest BCUT2D eigenvalue weighted by Crippen LogP contribution is -2.43. The van der Waals surface area contributed by atoms with E-state index in [2.05, 4.69) is 5.32 Å². The van der Waals surface area contributed by atoms with Crippen LogP contribution in [0.25, 0.3) is 0 Å². The molecule has 1 atom stereocenters. The van der Waals surface area contributed by atoms with Gasteiger partial charge in [0.2, 0.25) is 5.91 Å². The van der Waals surface area contributed by atoms with Crippen LogP contribution in [0.15, 0.2) is 14.5 Å². The maximum atomic E-state index is 12.9. The lowest BCUT2D eigenvalue weighted by Gasteiger charge is -2.32. The van der Waals surface area contributed by atoms with Crippen LogP contribution in [0.2, 0.25) is 0 Å². The molecule has 0 spiro atoms. The number of nitrogens with zero attached hydrogens (tertiary/aromatic N) is 1. The first kappa shape index (κ1) is 21.3. The number of fused-ring (bicyclic) bond motifs is 1. The van der Waals surface area contributed by atoms with Gasteiger partial charge in [0.1, 0.15) is 8.42 Å². The van der Waals surface area contributed by atoms with Crippen LogP contribution in [0.4, 0.5) is 0 Å². The van der Waals surface area contributed by atoms with Crippen molar-refractivity contribution in [3.63, 3.8) is 0 Å². The quantitative estimate of drug-likeness (QED) is 0.573. The van der Waals surface area contributed by atoms with Gasteiger partial charge in [-0.15, -0.1) is 11.3 Å². The van der Waals surface area contributed by atoms with Gasteiger partial charge in [-0.2, -0.15) is 4.31 Å². The van der Waals surface area contributed by atoms with E-state index in [1.165, 1.54) is 10.4 Å². The van der Waals surface area contributed by atoms with Crippen LogP contribution < -0.4 is 10.0 Å². The summed E-state index contributed by atoms with van der Waals surface area (Å²) in [5.74, 6) is -0.733. The first-order chi connectivity index (χ1) is 12.1. The number of rotatable bonds is 8. The zero-order valence-corrected chi connectivity index (χ0v) is 17.3. The fourth-order valence-corrected chi connectivity index (χ4v) is 7.59. The first-order valence-electron chi connectivity index (χ1n) is 8.03. The zero-order valence-electron chi connectivity index (χ0n) is 14.8. The fraction of sp³-hybridized carbons (Fsp3) is 0.643. The van der Waals surface area contributed by atoms with Gasteiger partial charge in [-0.05, 0) is 19.0 Å². The second-order valence-electron chi connectivity index (χ2n) is 5.79. The van der Waals surface area contributed by atoms with E-state index in [0.29, 0.717) is 36.5 Å². The van der Waals surface area contributed by atoms with Crippen LogP contribution in [-0.2, 0) is 29.6 Å². The highest BCUT2D eigenvalue weighted by molar-refractivity contribution is 7.94. The molecule has 1 amide bonds. The van der Waals surface area contributed by atoms with E-state index in [-0.39, 0.29) is 27.5 Å². The van der Waals surface area contributed by atoms with Gasteiger partial charge in [-0.3, -0.25) is 4.79 Å². The zero-order chi connectivity index (χ0) is 19.5. The first-order valence-corrected chi connectivity index (χ1v) is 11.8. The number of nitrogens with one attached hydrogen (secondary N) is 2. The average molecular weight is 426 g/mol. The van der Waals surface area contributed by atoms with E-state index >= 15 is 0 Å². The van der Waals surface area contributed by atoms with E-state index in [1.807, 2.05) is 11.6 Å². The molecule has 0 saturated carbocycles. The number of ether oxygens (including phenoxy) is 1. The number of thiophene rings is 1. The van der Waals surface area contributed by atoms with Gasteiger partial charge in [-0.25, -0.2) is 21.6 Å². The van der Waals surface area contributed by atoms with Gasteiger partial charge >= 0.3 is 0 Å². The topological polar surface area (TPSA) is 122 Å². The molecule has 1 aliphatic heterocycles. The standard InChI is InChI=1S/C14H23N3O6S3/c1-4-15-12-9-17(6-5-7-23-3)26(21,22)14-11(12)8-13(24-14)25(19,20)16-10(2)18/h8,12,15H,4-7,9H2,1-3H3,(H,16,18)/t12-/m0/s1. The molecule has 2 heterocycles. The molecule has 2 N–H and O–H groups in total. The van der Waals surface area contributed by atoms with Crippen molar-refractivity contribution in [1.29, 1.82) is 0 Å². The fourth-order valence-electron chi connectivity index (χ4n) is 2.72. The smallest absolute Gasteiger partial charge is 0.273 e. The lowest BCUT2D eigenvalue weighted by atomic mass is 10.1. The largest absolute Gasteiger partial charge is 0.385 e. The maximum absolute atomic E-state index is 12.9. The molecule has 12 heteroatoms. The van der Waals surface area contributed by atoms with E-state index < -0.39 is 26.0 Å². The van der Waals surface area contributed by atoms with Crippen molar-refractivity contribution >= 4 is 37.3 Å². The number of sulfonamides is 2. The Morgan fingerprint density at radius 3 is 2.73 bits per heavy atom. The van der Waals surface area contributed by atoms with Crippen LogP contribution in [0, 0.1) is 0 Å².